The average Bonchev–Trinajstić information content (AvgIpc) is 3.39. The van der Waals surface area contributed by atoms with E-state index in [0.29, 0.717) is 11.1 Å². The monoisotopic (exact) mass is 602 g/mol. The molecule has 41 heavy (non-hydrogen) atoms. The molecule has 0 radical (unpaired) electrons. The van der Waals surface area contributed by atoms with Gasteiger partial charge in [-0.3, -0.25) is 4.79 Å². The van der Waals surface area contributed by atoms with E-state index in [1.54, 1.807) is 24.3 Å². The standard InChI is InChI=1S/C29H25ClF2N2O6S/c1-14-18-12-17(13-19(14)29(18,37)26(35)28-34-23-4-2-3-5-24(23)40-28)41(38,39)25-10-15(6-8-20(25)30)27(36)33-16-7-9-21(31)22(32)11-16/h2-11,14,17-19,26,35,37H,12-13H2,1H3,(H,33,36). The van der Waals surface area contributed by atoms with E-state index in [2.05, 4.69) is 10.3 Å². The molecule has 0 aliphatic heterocycles. The predicted octanol–water partition coefficient (Wildman–Crippen LogP) is 5.29. The maximum atomic E-state index is 13.8. The summed E-state index contributed by atoms with van der Waals surface area (Å²) in [5.41, 5.74) is -0.679. The number of carbonyl (C=O) groups is 1. The van der Waals surface area contributed by atoms with E-state index in [1.807, 2.05) is 6.92 Å². The molecule has 3 N–H and O–H groups in total. The van der Waals surface area contributed by atoms with E-state index in [9.17, 15) is 32.2 Å². The van der Waals surface area contributed by atoms with Gasteiger partial charge in [-0.1, -0.05) is 30.7 Å². The molecule has 8 nitrogen and oxygen atoms in total. The van der Waals surface area contributed by atoms with Crippen LogP contribution in [-0.2, 0) is 9.84 Å². The van der Waals surface area contributed by atoms with Gasteiger partial charge in [-0.15, -0.1) is 0 Å². The lowest BCUT2D eigenvalue weighted by atomic mass is 9.46. The van der Waals surface area contributed by atoms with E-state index in [0.717, 1.165) is 18.2 Å². The van der Waals surface area contributed by atoms with E-state index in [1.165, 1.54) is 18.2 Å². The number of nitrogens with zero attached hydrogens (tertiary/aromatic N) is 1. The minimum atomic E-state index is -4.07. The highest BCUT2D eigenvalue weighted by Crippen LogP contribution is 2.63. The number of aliphatic hydroxyl groups is 2. The van der Waals surface area contributed by atoms with Gasteiger partial charge in [0, 0.05) is 17.3 Å². The number of carbonyl (C=O) groups excluding carboxylic acids is 1. The zero-order chi connectivity index (χ0) is 29.3. The van der Waals surface area contributed by atoms with Crippen molar-refractivity contribution >= 4 is 44.1 Å². The normalized spacial score (nSPS) is 26.4. The molecule has 3 aliphatic carbocycles. The second kappa shape index (κ2) is 9.87. The van der Waals surface area contributed by atoms with E-state index >= 15 is 0 Å². The third kappa shape index (κ3) is 4.42. The number of hydrogen-bond acceptors (Lipinski definition) is 7. The first kappa shape index (κ1) is 27.8. The summed E-state index contributed by atoms with van der Waals surface area (Å²) in [6, 6.07) is 13.6. The lowest BCUT2D eigenvalue weighted by Crippen LogP contribution is -2.69. The van der Waals surface area contributed by atoms with Crippen molar-refractivity contribution in [3.05, 3.63) is 88.8 Å². The van der Waals surface area contributed by atoms with Crippen molar-refractivity contribution in [3.63, 3.8) is 0 Å². The van der Waals surface area contributed by atoms with Crippen molar-refractivity contribution in [3.8, 4) is 0 Å². The number of hydrogen-bond donors (Lipinski definition) is 3. The molecule has 12 heteroatoms. The lowest BCUT2D eigenvalue weighted by Gasteiger charge is -2.63. The van der Waals surface area contributed by atoms with Crippen LogP contribution < -0.4 is 5.32 Å². The number of para-hydroxylation sites is 2. The van der Waals surface area contributed by atoms with Gasteiger partial charge < -0.3 is 19.9 Å². The van der Waals surface area contributed by atoms with Crippen molar-refractivity contribution in [1.82, 2.24) is 4.98 Å². The van der Waals surface area contributed by atoms with Gasteiger partial charge >= 0.3 is 0 Å². The molecular weight excluding hydrogens is 578 g/mol. The third-order valence-electron chi connectivity index (χ3n) is 8.59. The number of nitrogens with one attached hydrogen (secondary N) is 1. The lowest BCUT2D eigenvalue weighted by molar-refractivity contribution is -0.269. The number of benzene rings is 3. The Kier molecular flexibility index (Phi) is 6.68. The van der Waals surface area contributed by atoms with Gasteiger partial charge in [0.2, 0.25) is 5.89 Å². The second-order valence-electron chi connectivity index (χ2n) is 10.7. The minimum Gasteiger partial charge on any atom is -0.438 e. The first-order valence-corrected chi connectivity index (χ1v) is 14.9. The fourth-order valence-corrected chi connectivity index (χ4v) is 8.78. The third-order valence-corrected chi connectivity index (χ3v) is 11.2. The van der Waals surface area contributed by atoms with Crippen LogP contribution in [0.4, 0.5) is 14.5 Å². The number of aromatic nitrogens is 1. The maximum Gasteiger partial charge on any atom is 0.255 e. The van der Waals surface area contributed by atoms with Gasteiger partial charge in [-0.05, 0) is 73.1 Å². The zero-order valence-corrected chi connectivity index (χ0v) is 23.2. The maximum absolute atomic E-state index is 13.8. The smallest absolute Gasteiger partial charge is 0.255 e. The number of aliphatic hydroxyl groups excluding tert-OH is 1. The largest absolute Gasteiger partial charge is 0.438 e. The number of sulfone groups is 1. The summed E-state index contributed by atoms with van der Waals surface area (Å²) in [6.07, 6.45) is -1.35. The fraction of sp³-hybridized carbons (Fsp3) is 0.310. The van der Waals surface area contributed by atoms with Crippen molar-refractivity contribution in [2.45, 2.75) is 41.6 Å². The number of rotatable bonds is 6. The van der Waals surface area contributed by atoms with Crippen molar-refractivity contribution in [1.29, 1.82) is 0 Å². The van der Waals surface area contributed by atoms with E-state index in [-0.39, 0.29) is 45.8 Å². The van der Waals surface area contributed by atoms with Crippen LogP contribution in [0.15, 0.2) is 70.0 Å². The number of fused-ring (bicyclic) bond motifs is 3. The molecule has 214 valence electrons. The molecule has 1 heterocycles. The van der Waals surface area contributed by atoms with Crippen molar-refractivity contribution in [2.75, 3.05) is 5.32 Å². The van der Waals surface area contributed by atoms with Crippen molar-refractivity contribution < 1.29 is 36.6 Å². The van der Waals surface area contributed by atoms with Crippen LogP contribution in [0.2, 0.25) is 5.02 Å². The average molecular weight is 603 g/mol. The first-order valence-electron chi connectivity index (χ1n) is 13.0. The molecule has 0 saturated heterocycles. The summed E-state index contributed by atoms with van der Waals surface area (Å²) in [5, 5.41) is 24.2. The van der Waals surface area contributed by atoms with Gasteiger partial charge in [0.05, 0.1) is 15.2 Å². The van der Waals surface area contributed by atoms with Crippen LogP contribution in [0.1, 0.15) is 42.1 Å². The zero-order valence-electron chi connectivity index (χ0n) is 21.6. The first-order chi connectivity index (χ1) is 19.4. The molecule has 1 amide bonds. The molecule has 3 atom stereocenters. The Morgan fingerprint density at radius 2 is 1.80 bits per heavy atom. The molecule has 3 aliphatic rings. The van der Waals surface area contributed by atoms with Gasteiger partial charge in [0.25, 0.3) is 5.91 Å². The van der Waals surface area contributed by atoms with Crippen LogP contribution in [0.3, 0.4) is 0 Å². The van der Waals surface area contributed by atoms with Crippen LogP contribution in [0.5, 0.6) is 0 Å². The molecule has 2 bridgehead atoms. The number of oxazole rings is 1. The highest BCUT2D eigenvalue weighted by atomic mass is 35.5. The number of anilines is 1. The van der Waals surface area contributed by atoms with Gasteiger partial charge in [-0.2, -0.15) is 0 Å². The van der Waals surface area contributed by atoms with Crippen LogP contribution in [-0.4, -0.2) is 40.4 Å². The molecule has 3 fully saturated rings. The summed E-state index contributed by atoms with van der Waals surface area (Å²) < 4.78 is 60.0. The minimum absolute atomic E-state index is 0.00796. The Morgan fingerprint density at radius 1 is 1.10 bits per heavy atom. The van der Waals surface area contributed by atoms with Gasteiger partial charge in [0.15, 0.2) is 33.2 Å². The number of halogens is 3. The highest BCUT2D eigenvalue weighted by Gasteiger charge is 2.68. The molecule has 3 unspecified atom stereocenters. The molecule has 1 aromatic heterocycles. The van der Waals surface area contributed by atoms with Gasteiger partial charge in [0.1, 0.15) is 11.1 Å². The predicted molar refractivity (Wildman–Crippen MR) is 146 cm³/mol. The molecule has 3 saturated carbocycles. The Bertz CT molecular complexity index is 1750. The van der Waals surface area contributed by atoms with E-state index in [4.69, 9.17) is 16.0 Å². The Labute approximate surface area is 238 Å². The quantitative estimate of drug-likeness (QED) is 0.273. The Morgan fingerprint density at radius 3 is 2.49 bits per heavy atom. The fourth-order valence-electron chi connectivity index (χ4n) is 6.43. The summed E-state index contributed by atoms with van der Waals surface area (Å²) in [7, 11) is -4.07. The molecular formula is C29H25ClF2N2O6S. The summed E-state index contributed by atoms with van der Waals surface area (Å²) in [4.78, 5) is 16.9. The summed E-state index contributed by atoms with van der Waals surface area (Å²) >= 11 is 6.29. The number of amides is 1. The highest BCUT2D eigenvalue weighted by molar-refractivity contribution is 7.92. The van der Waals surface area contributed by atoms with E-state index < -0.39 is 56.2 Å². The van der Waals surface area contributed by atoms with Gasteiger partial charge in [-0.25, -0.2) is 22.2 Å². The second-order valence-corrected chi connectivity index (χ2v) is 13.4. The molecule has 0 spiro atoms. The topological polar surface area (TPSA) is 130 Å². The summed E-state index contributed by atoms with van der Waals surface area (Å²) in [5.74, 6) is -4.17. The summed E-state index contributed by atoms with van der Waals surface area (Å²) in [6.45, 7) is 1.90. The van der Waals surface area contributed by atoms with Crippen LogP contribution in [0, 0.1) is 29.4 Å². The Balaban J connectivity index is 1.24. The Hall–Kier alpha value is -3.38. The molecule has 4 aromatic rings. The van der Waals surface area contributed by atoms with Crippen LogP contribution in [0.25, 0.3) is 11.1 Å². The van der Waals surface area contributed by atoms with Crippen molar-refractivity contribution in [2.24, 2.45) is 17.8 Å². The SMILES string of the molecule is CC1C2CC(S(=O)(=O)c3cc(C(=O)Nc4ccc(F)c(F)c4)ccc3Cl)CC1C2(O)C(O)c1nc2ccccc2o1. The van der Waals surface area contributed by atoms with Crippen LogP contribution >= 0.6 is 11.6 Å². The molecule has 7 rings (SSSR count). The molecule has 3 aromatic carbocycles.